The number of rotatable bonds is 4. The summed E-state index contributed by atoms with van der Waals surface area (Å²) >= 11 is 0. The van der Waals surface area contributed by atoms with Crippen LogP contribution in [0.1, 0.15) is 13.8 Å². The Balaban J connectivity index is 2.56. The van der Waals surface area contributed by atoms with Gasteiger partial charge in [-0.15, -0.1) is 0 Å². The van der Waals surface area contributed by atoms with E-state index in [1.165, 1.54) is 7.11 Å². The maximum Gasteiger partial charge on any atom is 0.310 e. The van der Waals surface area contributed by atoms with E-state index in [0.29, 0.717) is 0 Å². The second kappa shape index (κ2) is 5.39. The average molecular weight is 207 g/mol. The third-order valence-corrected chi connectivity index (χ3v) is 2.49. The Kier molecular flexibility index (Phi) is 4.16. The van der Waals surface area contributed by atoms with Gasteiger partial charge in [0.2, 0.25) is 0 Å². The van der Waals surface area contributed by atoms with Crippen molar-refractivity contribution in [2.24, 2.45) is 5.92 Å². The molecule has 1 aromatic carbocycles. The SMILES string of the molecule is COC(=O)C(C)C(C)Nc1ccccc1. The molecule has 0 aliphatic heterocycles. The molecule has 0 aromatic heterocycles. The van der Waals surface area contributed by atoms with Crippen molar-refractivity contribution in [1.29, 1.82) is 0 Å². The van der Waals surface area contributed by atoms with Crippen LogP contribution in [-0.2, 0) is 9.53 Å². The second-order valence-corrected chi connectivity index (χ2v) is 3.61. The number of methoxy groups -OCH3 is 1. The van der Waals surface area contributed by atoms with Gasteiger partial charge in [-0.2, -0.15) is 0 Å². The molecular weight excluding hydrogens is 190 g/mol. The van der Waals surface area contributed by atoms with Crippen LogP contribution in [-0.4, -0.2) is 19.1 Å². The van der Waals surface area contributed by atoms with Crippen molar-refractivity contribution >= 4 is 11.7 Å². The summed E-state index contributed by atoms with van der Waals surface area (Å²) in [5.41, 5.74) is 1.01. The first-order chi connectivity index (χ1) is 7.15. The Hall–Kier alpha value is -1.51. The van der Waals surface area contributed by atoms with Crippen LogP contribution >= 0.6 is 0 Å². The summed E-state index contributed by atoms with van der Waals surface area (Å²) in [4.78, 5) is 11.3. The number of hydrogen-bond acceptors (Lipinski definition) is 3. The standard InChI is InChI=1S/C12H17NO2/c1-9(12(14)15-3)10(2)13-11-7-5-4-6-8-11/h4-10,13H,1-3H3. The van der Waals surface area contributed by atoms with Crippen LogP contribution in [0, 0.1) is 5.92 Å². The van der Waals surface area contributed by atoms with E-state index < -0.39 is 0 Å². The molecule has 2 unspecified atom stereocenters. The van der Waals surface area contributed by atoms with Crippen molar-refractivity contribution < 1.29 is 9.53 Å². The summed E-state index contributed by atoms with van der Waals surface area (Å²) in [5, 5.41) is 3.26. The van der Waals surface area contributed by atoms with Crippen molar-refractivity contribution in [1.82, 2.24) is 0 Å². The Labute approximate surface area is 90.4 Å². The molecule has 0 aliphatic rings. The predicted molar refractivity (Wildman–Crippen MR) is 60.7 cm³/mol. The second-order valence-electron chi connectivity index (χ2n) is 3.61. The molecule has 1 aromatic rings. The molecule has 0 bridgehead atoms. The summed E-state index contributed by atoms with van der Waals surface area (Å²) in [5.74, 6) is -0.346. The number of ether oxygens (including phenoxy) is 1. The maximum absolute atomic E-state index is 11.3. The monoisotopic (exact) mass is 207 g/mol. The molecule has 3 nitrogen and oxygen atoms in total. The summed E-state index contributed by atoms with van der Waals surface area (Å²) in [6.07, 6.45) is 0. The zero-order chi connectivity index (χ0) is 11.3. The highest BCUT2D eigenvalue weighted by Gasteiger charge is 2.20. The van der Waals surface area contributed by atoms with Gasteiger partial charge < -0.3 is 10.1 Å². The quantitative estimate of drug-likeness (QED) is 0.770. The Morgan fingerprint density at radius 1 is 1.27 bits per heavy atom. The number of nitrogens with one attached hydrogen (secondary N) is 1. The summed E-state index contributed by atoms with van der Waals surface area (Å²) in [6.45, 7) is 3.82. The zero-order valence-corrected chi connectivity index (χ0v) is 9.36. The van der Waals surface area contributed by atoms with E-state index >= 15 is 0 Å². The van der Waals surface area contributed by atoms with Crippen molar-refractivity contribution in [3.05, 3.63) is 30.3 Å². The van der Waals surface area contributed by atoms with E-state index in [2.05, 4.69) is 5.32 Å². The van der Waals surface area contributed by atoms with Crippen molar-refractivity contribution in [2.75, 3.05) is 12.4 Å². The predicted octanol–water partition coefficient (Wildman–Crippen LogP) is 2.30. The highest BCUT2D eigenvalue weighted by Crippen LogP contribution is 2.12. The van der Waals surface area contributed by atoms with Gasteiger partial charge in [-0.25, -0.2) is 0 Å². The van der Waals surface area contributed by atoms with Gasteiger partial charge in [0.1, 0.15) is 0 Å². The van der Waals surface area contributed by atoms with Crippen LogP contribution in [0.15, 0.2) is 30.3 Å². The number of carbonyl (C=O) groups is 1. The third kappa shape index (κ3) is 3.27. The molecule has 0 aliphatic carbocycles. The lowest BCUT2D eigenvalue weighted by Crippen LogP contribution is -2.30. The van der Waals surface area contributed by atoms with E-state index in [-0.39, 0.29) is 17.9 Å². The van der Waals surface area contributed by atoms with Crippen LogP contribution in [0.25, 0.3) is 0 Å². The lowest BCUT2D eigenvalue weighted by Gasteiger charge is -2.20. The number of carbonyl (C=O) groups excluding carboxylic acids is 1. The highest BCUT2D eigenvalue weighted by molar-refractivity contribution is 5.73. The van der Waals surface area contributed by atoms with Gasteiger partial charge in [0.05, 0.1) is 13.0 Å². The molecule has 0 fully saturated rings. The van der Waals surface area contributed by atoms with Crippen LogP contribution < -0.4 is 5.32 Å². The minimum Gasteiger partial charge on any atom is -0.469 e. The Morgan fingerprint density at radius 2 is 1.87 bits per heavy atom. The number of anilines is 1. The minimum absolute atomic E-state index is 0.0554. The molecule has 1 N–H and O–H groups in total. The lowest BCUT2D eigenvalue weighted by atomic mass is 10.0. The Bertz CT molecular complexity index is 311. The van der Waals surface area contributed by atoms with E-state index in [9.17, 15) is 4.79 Å². The minimum atomic E-state index is -0.189. The van der Waals surface area contributed by atoms with Crippen LogP contribution in [0.4, 0.5) is 5.69 Å². The topological polar surface area (TPSA) is 38.3 Å². The summed E-state index contributed by atoms with van der Waals surface area (Å²) < 4.78 is 4.69. The molecule has 2 atom stereocenters. The summed E-state index contributed by atoms with van der Waals surface area (Å²) in [7, 11) is 1.41. The average Bonchev–Trinajstić information content (AvgIpc) is 2.28. The largest absolute Gasteiger partial charge is 0.469 e. The van der Waals surface area contributed by atoms with E-state index in [1.807, 2.05) is 44.2 Å². The van der Waals surface area contributed by atoms with E-state index in [4.69, 9.17) is 4.74 Å². The fourth-order valence-electron chi connectivity index (χ4n) is 1.31. The Morgan fingerprint density at radius 3 is 2.40 bits per heavy atom. The molecular formula is C12H17NO2. The molecule has 3 heteroatoms. The smallest absolute Gasteiger partial charge is 0.310 e. The van der Waals surface area contributed by atoms with Gasteiger partial charge in [0.15, 0.2) is 0 Å². The first-order valence-electron chi connectivity index (χ1n) is 5.04. The molecule has 0 radical (unpaired) electrons. The molecule has 15 heavy (non-hydrogen) atoms. The number of benzene rings is 1. The molecule has 0 amide bonds. The molecule has 82 valence electrons. The first-order valence-corrected chi connectivity index (χ1v) is 5.04. The van der Waals surface area contributed by atoms with Crippen LogP contribution in [0.2, 0.25) is 0 Å². The van der Waals surface area contributed by atoms with Crippen molar-refractivity contribution in [3.8, 4) is 0 Å². The zero-order valence-electron chi connectivity index (χ0n) is 9.36. The molecule has 0 saturated carbocycles. The lowest BCUT2D eigenvalue weighted by molar-refractivity contribution is -0.145. The van der Waals surface area contributed by atoms with Gasteiger partial charge in [0, 0.05) is 11.7 Å². The molecule has 0 saturated heterocycles. The first kappa shape index (κ1) is 11.6. The van der Waals surface area contributed by atoms with E-state index in [0.717, 1.165) is 5.69 Å². The normalized spacial score (nSPS) is 14.1. The van der Waals surface area contributed by atoms with Crippen LogP contribution in [0.5, 0.6) is 0 Å². The van der Waals surface area contributed by atoms with Gasteiger partial charge in [-0.1, -0.05) is 18.2 Å². The highest BCUT2D eigenvalue weighted by atomic mass is 16.5. The fourth-order valence-corrected chi connectivity index (χ4v) is 1.31. The summed E-state index contributed by atoms with van der Waals surface area (Å²) in [6, 6.07) is 9.87. The van der Waals surface area contributed by atoms with E-state index in [1.54, 1.807) is 0 Å². The van der Waals surface area contributed by atoms with Gasteiger partial charge in [-0.05, 0) is 26.0 Å². The van der Waals surface area contributed by atoms with Gasteiger partial charge >= 0.3 is 5.97 Å². The van der Waals surface area contributed by atoms with Crippen molar-refractivity contribution in [2.45, 2.75) is 19.9 Å². The maximum atomic E-state index is 11.3. The number of esters is 1. The van der Waals surface area contributed by atoms with Gasteiger partial charge in [-0.3, -0.25) is 4.79 Å². The van der Waals surface area contributed by atoms with Gasteiger partial charge in [0.25, 0.3) is 0 Å². The van der Waals surface area contributed by atoms with Crippen molar-refractivity contribution in [3.63, 3.8) is 0 Å². The molecule has 0 spiro atoms. The molecule has 1 rings (SSSR count). The third-order valence-electron chi connectivity index (χ3n) is 2.49. The number of hydrogen-bond donors (Lipinski definition) is 1. The van der Waals surface area contributed by atoms with Crippen LogP contribution in [0.3, 0.4) is 0 Å². The number of para-hydroxylation sites is 1. The molecule has 0 heterocycles. The fraction of sp³-hybridized carbons (Fsp3) is 0.417.